The molecule has 2 fully saturated rings. The van der Waals surface area contributed by atoms with Gasteiger partial charge in [-0.2, -0.15) is 0 Å². The zero-order valence-electron chi connectivity index (χ0n) is 16.8. The van der Waals surface area contributed by atoms with E-state index in [9.17, 15) is 4.79 Å². The Bertz CT molecular complexity index is 626. The molecular formula is C22H33N3O2. The molecule has 5 nitrogen and oxygen atoms in total. The Kier molecular flexibility index (Phi) is 6.98. The van der Waals surface area contributed by atoms with Gasteiger partial charge in [0.05, 0.1) is 25.3 Å². The second kappa shape index (κ2) is 9.43. The van der Waals surface area contributed by atoms with E-state index in [1.807, 2.05) is 12.1 Å². The lowest BCUT2D eigenvalue weighted by molar-refractivity contribution is -0.138. The van der Waals surface area contributed by atoms with Crippen molar-refractivity contribution < 1.29 is 9.21 Å². The number of likely N-dealkylation sites (tertiary alicyclic amines) is 2. The minimum atomic E-state index is 0.0465. The summed E-state index contributed by atoms with van der Waals surface area (Å²) >= 11 is 0. The maximum absolute atomic E-state index is 13.1. The van der Waals surface area contributed by atoms with Gasteiger partial charge in [-0.15, -0.1) is 6.42 Å². The zero-order valence-corrected chi connectivity index (χ0v) is 16.8. The van der Waals surface area contributed by atoms with Gasteiger partial charge < -0.3 is 14.2 Å². The maximum Gasteiger partial charge on any atom is 0.228 e. The Hall–Kier alpha value is -1.77. The van der Waals surface area contributed by atoms with Crippen molar-refractivity contribution in [1.29, 1.82) is 0 Å². The van der Waals surface area contributed by atoms with Crippen molar-refractivity contribution in [2.45, 2.75) is 58.2 Å². The molecule has 0 spiro atoms. The monoisotopic (exact) mass is 371 g/mol. The Morgan fingerprint density at radius 1 is 1.33 bits per heavy atom. The van der Waals surface area contributed by atoms with Crippen LogP contribution in [0.2, 0.25) is 0 Å². The van der Waals surface area contributed by atoms with E-state index in [1.165, 1.54) is 25.9 Å². The predicted octanol–water partition coefficient (Wildman–Crippen LogP) is 2.83. The van der Waals surface area contributed by atoms with Crippen molar-refractivity contribution >= 4 is 5.91 Å². The first-order valence-electron chi connectivity index (χ1n) is 10.3. The number of hydrogen-bond donors (Lipinski definition) is 0. The van der Waals surface area contributed by atoms with E-state index in [1.54, 1.807) is 11.2 Å². The van der Waals surface area contributed by atoms with E-state index in [-0.39, 0.29) is 11.8 Å². The molecule has 1 atom stereocenters. The van der Waals surface area contributed by atoms with E-state index in [0.717, 1.165) is 31.7 Å². The summed E-state index contributed by atoms with van der Waals surface area (Å²) in [5.41, 5.74) is 0. The third-order valence-electron chi connectivity index (χ3n) is 6.07. The van der Waals surface area contributed by atoms with E-state index in [0.29, 0.717) is 25.2 Å². The Morgan fingerprint density at radius 3 is 2.74 bits per heavy atom. The zero-order chi connectivity index (χ0) is 19.2. The summed E-state index contributed by atoms with van der Waals surface area (Å²) in [4.78, 5) is 20.0. The van der Waals surface area contributed by atoms with Crippen LogP contribution in [0, 0.1) is 18.3 Å². The second-order valence-electron chi connectivity index (χ2n) is 8.17. The summed E-state index contributed by atoms with van der Waals surface area (Å²) in [5.74, 6) is 3.64. The molecule has 27 heavy (non-hydrogen) atoms. The van der Waals surface area contributed by atoms with Crippen molar-refractivity contribution in [3.8, 4) is 12.3 Å². The first-order chi connectivity index (χ1) is 13.1. The van der Waals surface area contributed by atoms with Crippen LogP contribution in [-0.2, 0) is 11.3 Å². The molecule has 3 rings (SSSR count). The molecule has 0 aliphatic carbocycles. The van der Waals surface area contributed by atoms with Crippen LogP contribution in [0.25, 0.3) is 0 Å². The lowest BCUT2D eigenvalue weighted by Gasteiger charge is -2.43. The van der Waals surface area contributed by atoms with Crippen LogP contribution in [0.3, 0.4) is 0 Å². The molecule has 1 unspecified atom stereocenters. The molecule has 2 aliphatic heterocycles. The number of furan rings is 1. The van der Waals surface area contributed by atoms with Gasteiger partial charge in [0.2, 0.25) is 5.91 Å². The fraction of sp³-hybridized carbons (Fsp3) is 0.682. The Balaban J connectivity index is 1.57. The largest absolute Gasteiger partial charge is 0.467 e. The second-order valence-corrected chi connectivity index (χ2v) is 8.17. The molecule has 1 amide bonds. The van der Waals surface area contributed by atoms with Crippen LogP contribution in [-0.4, -0.2) is 65.4 Å². The Labute approximate surface area is 163 Å². The van der Waals surface area contributed by atoms with Crippen LogP contribution in [0.4, 0.5) is 0 Å². The fourth-order valence-electron chi connectivity index (χ4n) is 4.48. The van der Waals surface area contributed by atoms with Gasteiger partial charge in [-0.25, -0.2) is 0 Å². The van der Waals surface area contributed by atoms with Gasteiger partial charge in [0.15, 0.2) is 0 Å². The van der Waals surface area contributed by atoms with Crippen molar-refractivity contribution in [2.75, 3.05) is 32.7 Å². The van der Waals surface area contributed by atoms with Crippen molar-refractivity contribution in [2.24, 2.45) is 5.92 Å². The highest BCUT2D eigenvalue weighted by Crippen LogP contribution is 2.26. The van der Waals surface area contributed by atoms with Gasteiger partial charge in [-0.1, -0.05) is 5.92 Å². The molecule has 0 radical (unpaired) electrons. The molecule has 5 heteroatoms. The molecule has 1 aromatic rings. The summed E-state index contributed by atoms with van der Waals surface area (Å²) < 4.78 is 5.42. The lowest BCUT2D eigenvalue weighted by atomic mass is 9.92. The van der Waals surface area contributed by atoms with Crippen LogP contribution in [0.1, 0.15) is 45.3 Å². The minimum Gasteiger partial charge on any atom is -0.467 e. The SMILES string of the molecule is C#CCN(Cc1ccco1)C(=O)C1CCCN(C2CCN(C(C)C)CC2)C1. The van der Waals surface area contributed by atoms with E-state index >= 15 is 0 Å². The molecule has 0 aromatic carbocycles. The van der Waals surface area contributed by atoms with Gasteiger partial charge in [-0.05, 0) is 71.3 Å². The number of carbonyl (C=O) groups excluding carboxylic acids is 1. The molecule has 0 N–H and O–H groups in total. The van der Waals surface area contributed by atoms with Crippen LogP contribution >= 0.6 is 0 Å². The average molecular weight is 372 g/mol. The van der Waals surface area contributed by atoms with Crippen LogP contribution in [0.15, 0.2) is 22.8 Å². The van der Waals surface area contributed by atoms with Gasteiger partial charge >= 0.3 is 0 Å². The normalized spacial score (nSPS) is 22.7. The van der Waals surface area contributed by atoms with E-state index in [2.05, 4.69) is 29.6 Å². The summed E-state index contributed by atoms with van der Waals surface area (Å²) in [6.45, 7) is 9.65. The number of carbonyl (C=O) groups is 1. The smallest absolute Gasteiger partial charge is 0.228 e. The highest BCUT2D eigenvalue weighted by Gasteiger charge is 2.33. The summed E-state index contributed by atoms with van der Waals surface area (Å²) in [6.07, 6.45) is 11.6. The first-order valence-corrected chi connectivity index (χ1v) is 10.3. The minimum absolute atomic E-state index is 0.0465. The van der Waals surface area contributed by atoms with E-state index in [4.69, 9.17) is 10.8 Å². The fourth-order valence-corrected chi connectivity index (χ4v) is 4.48. The molecule has 3 heterocycles. The summed E-state index contributed by atoms with van der Waals surface area (Å²) in [6, 6.07) is 4.98. The van der Waals surface area contributed by atoms with Gasteiger partial charge in [0, 0.05) is 18.6 Å². The van der Waals surface area contributed by atoms with Crippen molar-refractivity contribution in [1.82, 2.24) is 14.7 Å². The summed E-state index contributed by atoms with van der Waals surface area (Å²) in [5, 5.41) is 0. The molecule has 2 saturated heterocycles. The number of amides is 1. The number of piperidine rings is 2. The predicted molar refractivity (Wildman–Crippen MR) is 107 cm³/mol. The highest BCUT2D eigenvalue weighted by molar-refractivity contribution is 5.79. The van der Waals surface area contributed by atoms with Crippen LogP contribution < -0.4 is 0 Å². The third kappa shape index (κ3) is 5.15. The van der Waals surface area contributed by atoms with Gasteiger partial charge in [-0.3, -0.25) is 9.69 Å². The van der Waals surface area contributed by atoms with E-state index < -0.39 is 0 Å². The maximum atomic E-state index is 13.1. The molecule has 1 aromatic heterocycles. The number of nitrogens with zero attached hydrogens (tertiary/aromatic N) is 3. The molecule has 0 saturated carbocycles. The van der Waals surface area contributed by atoms with Gasteiger partial charge in [0.25, 0.3) is 0 Å². The molecule has 148 valence electrons. The molecular weight excluding hydrogens is 338 g/mol. The number of hydrogen-bond acceptors (Lipinski definition) is 4. The third-order valence-corrected chi connectivity index (χ3v) is 6.07. The highest BCUT2D eigenvalue weighted by atomic mass is 16.3. The summed E-state index contributed by atoms with van der Waals surface area (Å²) in [7, 11) is 0. The molecule has 2 aliphatic rings. The molecule has 0 bridgehead atoms. The van der Waals surface area contributed by atoms with Crippen LogP contribution in [0.5, 0.6) is 0 Å². The van der Waals surface area contributed by atoms with Gasteiger partial charge in [0.1, 0.15) is 5.76 Å². The first kappa shape index (κ1) is 20.0. The average Bonchev–Trinajstić information content (AvgIpc) is 3.20. The Morgan fingerprint density at radius 2 is 2.11 bits per heavy atom. The quantitative estimate of drug-likeness (QED) is 0.721. The standard InChI is InChI=1S/C22H33N3O2/c1-4-11-25(17-21-8-6-15-27-21)22(26)19-7-5-12-24(16-19)20-9-13-23(14-10-20)18(2)3/h1,6,8,15,18-20H,5,7,9-14,16-17H2,2-3H3. The number of rotatable bonds is 6. The van der Waals surface area contributed by atoms with Crippen molar-refractivity contribution in [3.05, 3.63) is 24.2 Å². The lowest BCUT2D eigenvalue weighted by Crippen LogP contribution is -2.52. The number of terminal acetylenes is 1. The van der Waals surface area contributed by atoms with Crippen molar-refractivity contribution in [3.63, 3.8) is 0 Å². The topological polar surface area (TPSA) is 39.9 Å².